The molecule has 2 aromatic rings. The van der Waals surface area contributed by atoms with Gasteiger partial charge in [0, 0.05) is 11.3 Å². The summed E-state index contributed by atoms with van der Waals surface area (Å²) in [6.45, 7) is 0. The molecule has 0 unspecified atom stereocenters. The Kier molecular flexibility index (Phi) is 4.77. The molecule has 2 aliphatic rings. The third-order valence-corrected chi connectivity index (χ3v) is 4.27. The molecule has 0 saturated carbocycles. The number of carbonyl (C=O) groups is 1. The van der Waals surface area contributed by atoms with Crippen molar-refractivity contribution in [3.05, 3.63) is 76.9 Å². The van der Waals surface area contributed by atoms with Crippen LogP contribution in [-0.2, 0) is 24.0 Å². The number of allylic oxidation sites excluding steroid dienone is 1. The van der Waals surface area contributed by atoms with E-state index in [4.69, 9.17) is 0 Å². The lowest BCUT2D eigenvalue weighted by Crippen LogP contribution is -2.20. The van der Waals surface area contributed by atoms with Gasteiger partial charge in [-0.3, -0.25) is 5.32 Å². The Morgan fingerprint density at radius 2 is 1.57 bits per heavy atom. The molecule has 0 aromatic heterocycles. The third-order valence-electron chi connectivity index (χ3n) is 4.27. The maximum absolute atomic E-state index is 11.0. The van der Waals surface area contributed by atoms with Crippen molar-refractivity contribution in [3.8, 4) is 0 Å². The second-order valence-electron chi connectivity index (χ2n) is 5.72. The number of nitrogens with one attached hydrogen (secondary N) is 1. The number of aryl methyl sites for hydroxylation is 2. The summed E-state index contributed by atoms with van der Waals surface area (Å²) in [5.41, 5.74) is 6.29. The Morgan fingerprint density at radius 1 is 0.957 bits per heavy atom. The van der Waals surface area contributed by atoms with E-state index in [-0.39, 0.29) is 0 Å². The van der Waals surface area contributed by atoms with Gasteiger partial charge < -0.3 is 4.74 Å². The highest BCUT2D eigenvalue weighted by Crippen LogP contribution is 2.24. The Hall–Kier alpha value is -2.55. The zero-order valence-electron chi connectivity index (χ0n) is 13.3. The molecule has 0 atom stereocenters. The minimum absolute atomic E-state index is 0.423. The van der Waals surface area contributed by atoms with E-state index in [0.29, 0.717) is 0 Å². The molecular weight excluding hydrogens is 286 g/mol. The normalized spacial score (nSPS) is 14.0. The van der Waals surface area contributed by atoms with Crippen molar-refractivity contribution in [1.29, 1.82) is 0 Å². The Balaban J connectivity index is 0.000000149. The number of benzene rings is 2. The highest BCUT2D eigenvalue weighted by molar-refractivity contribution is 5.84. The quantitative estimate of drug-likeness (QED) is 0.861. The first-order valence-corrected chi connectivity index (χ1v) is 7.98. The maximum atomic E-state index is 11.0. The van der Waals surface area contributed by atoms with Gasteiger partial charge in [0.1, 0.15) is 0 Å². The molecule has 4 rings (SSSR count). The van der Waals surface area contributed by atoms with Crippen LogP contribution < -0.4 is 5.32 Å². The topological polar surface area (TPSA) is 38.3 Å². The summed E-state index contributed by atoms with van der Waals surface area (Å²) in [4.78, 5) is 11.0. The zero-order valence-corrected chi connectivity index (χ0v) is 13.3. The van der Waals surface area contributed by atoms with Gasteiger partial charge in [-0.25, -0.2) is 4.79 Å². The second-order valence-corrected chi connectivity index (χ2v) is 5.72. The molecule has 0 saturated heterocycles. The molecule has 0 fully saturated rings. The molecule has 2 aliphatic carbocycles. The zero-order chi connectivity index (χ0) is 16.1. The highest BCUT2D eigenvalue weighted by atomic mass is 16.5. The summed E-state index contributed by atoms with van der Waals surface area (Å²) < 4.78 is 4.54. The number of ether oxygens (including phenoxy) is 1. The number of alkyl carbamates (subject to hydrolysis) is 1. The van der Waals surface area contributed by atoms with E-state index < -0.39 is 6.09 Å². The monoisotopic (exact) mass is 307 g/mol. The van der Waals surface area contributed by atoms with Crippen LogP contribution in [-0.4, -0.2) is 13.2 Å². The Bertz CT molecular complexity index is 711. The average Bonchev–Trinajstić information content (AvgIpc) is 3.22. The molecule has 0 aliphatic heterocycles. The summed E-state index contributed by atoms with van der Waals surface area (Å²) in [6, 6.07) is 16.7. The molecule has 3 nitrogen and oxygen atoms in total. The number of hydrogen-bond acceptors (Lipinski definition) is 2. The van der Waals surface area contributed by atoms with E-state index in [1.165, 1.54) is 31.9 Å². The van der Waals surface area contributed by atoms with Gasteiger partial charge in [0.2, 0.25) is 0 Å². The molecule has 0 bridgehead atoms. The largest absolute Gasteiger partial charge is 0.453 e. The van der Waals surface area contributed by atoms with Gasteiger partial charge in [-0.1, -0.05) is 54.6 Å². The summed E-state index contributed by atoms with van der Waals surface area (Å²) >= 11 is 0. The van der Waals surface area contributed by atoms with E-state index in [0.717, 1.165) is 17.7 Å². The van der Waals surface area contributed by atoms with Crippen LogP contribution in [0.15, 0.2) is 54.6 Å². The average molecular weight is 307 g/mol. The van der Waals surface area contributed by atoms with Gasteiger partial charge in [0.25, 0.3) is 0 Å². The van der Waals surface area contributed by atoms with E-state index in [9.17, 15) is 4.79 Å². The lowest BCUT2D eigenvalue weighted by molar-refractivity contribution is 0.176. The minimum Gasteiger partial charge on any atom is -0.453 e. The van der Waals surface area contributed by atoms with Crippen LogP contribution in [0.2, 0.25) is 0 Å². The molecule has 23 heavy (non-hydrogen) atoms. The maximum Gasteiger partial charge on any atom is 0.411 e. The van der Waals surface area contributed by atoms with Crippen LogP contribution in [0.3, 0.4) is 0 Å². The first kappa shape index (κ1) is 15.3. The first-order valence-electron chi connectivity index (χ1n) is 7.98. The molecular formula is C20H21NO2. The third kappa shape index (κ3) is 3.62. The van der Waals surface area contributed by atoms with Gasteiger partial charge in [-0.2, -0.15) is 0 Å². The van der Waals surface area contributed by atoms with E-state index in [1.807, 2.05) is 24.3 Å². The molecule has 0 radical (unpaired) electrons. The van der Waals surface area contributed by atoms with Crippen molar-refractivity contribution in [2.24, 2.45) is 0 Å². The fourth-order valence-corrected chi connectivity index (χ4v) is 3.08. The van der Waals surface area contributed by atoms with Crippen molar-refractivity contribution in [2.75, 3.05) is 7.11 Å². The molecule has 0 spiro atoms. The number of fused-ring (bicyclic) bond motifs is 2. The predicted molar refractivity (Wildman–Crippen MR) is 92.1 cm³/mol. The number of methoxy groups -OCH3 is 1. The fourth-order valence-electron chi connectivity index (χ4n) is 3.08. The van der Waals surface area contributed by atoms with Crippen molar-refractivity contribution >= 4 is 11.8 Å². The van der Waals surface area contributed by atoms with Gasteiger partial charge in [-0.05, 0) is 42.4 Å². The molecule has 118 valence electrons. The summed E-state index contributed by atoms with van der Waals surface area (Å²) in [5.74, 6) is 0. The van der Waals surface area contributed by atoms with Crippen LogP contribution >= 0.6 is 0 Å². The number of carbonyl (C=O) groups excluding carboxylic acids is 1. The predicted octanol–water partition coefficient (Wildman–Crippen LogP) is 4.11. The molecule has 1 N–H and O–H groups in total. The second kappa shape index (κ2) is 7.14. The van der Waals surface area contributed by atoms with Crippen molar-refractivity contribution in [2.45, 2.75) is 25.7 Å². The van der Waals surface area contributed by atoms with Gasteiger partial charge in [0.05, 0.1) is 7.11 Å². The van der Waals surface area contributed by atoms with Gasteiger partial charge in [0.15, 0.2) is 0 Å². The molecule has 0 heterocycles. The van der Waals surface area contributed by atoms with Crippen LogP contribution in [0.25, 0.3) is 5.70 Å². The SMILES string of the molecule is COC(=O)NC1=CCc2ccccc21.c1ccc2c(c1)CCC2. The van der Waals surface area contributed by atoms with Crippen LogP contribution in [0, 0.1) is 0 Å². The minimum atomic E-state index is -0.423. The standard InChI is InChI=1S/C11H11NO2.C9H10/c1-14-11(13)12-10-7-6-8-4-2-3-5-9(8)10;1-2-5-9-7-3-6-8(9)4-1/h2-5,7H,6H2,1H3,(H,12,13);1-2,4-5H,3,6-7H2. The van der Waals surface area contributed by atoms with E-state index >= 15 is 0 Å². The lowest BCUT2D eigenvalue weighted by Gasteiger charge is -2.06. The number of rotatable bonds is 1. The van der Waals surface area contributed by atoms with Crippen molar-refractivity contribution in [1.82, 2.24) is 5.32 Å². The Morgan fingerprint density at radius 3 is 2.22 bits per heavy atom. The van der Waals surface area contributed by atoms with Crippen LogP contribution in [0.5, 0.6) is 0 Å². The first-order chi connectivity index (χ1) is 11.3. The van der Waals surface area contributed by atoms with Crippen molar-refractivity contribution in [3.63, 3.8) is 0 Å². The van der Waals surface area contributed by atoms with Gasteiger partial charge >= 0.3 is 6.09 Å². The van der Waals surface area contributed by atoms with Crippen LogP contribution in [0.1, 0.15) is 28.7 Å². The smallest absolute Gasteiger partial charge is 0.411 e. The number of hydrogen-bond donors (Lipinski definition) is 1. The van der Waals surface area contributed by atoms with Crippen molar-refractivity contribution < 1.29 is 9.53 Å². The number of amides is 1. The molecule has 3 heteroatoms. The van der Waals surface area contributed by atoms with Gasteiger partial charge in [-0.15, -0.1) is 0 Å². The fraction of sp³-hybridized carbons (Fsp3) is 0.250. The van der Waals surface area contributed by atoms with E-state index in [1.54, 1.807) is 11.1 Å². The molecule has 2 aromatic carbocycles. The van der Waals surface area contributed by atoms with E-state index in [2.05, 4.69) is 40.4 Å². The summed E-state index contributed by atoms with van der Waals surface area (Å²) in [7, 11) is 1.36. The molecule has 1 amide bonds. The van der Waals surface area contributed by atoms with Crippen LogP contribution in [0.4, 0.5) is 4.79 Å². The summed E-state index contributed by atoms with van der Waals surface area (Å²) in [5, 5.41) is 2.68. The summed E-state index contributed by atoms with van der Waals surface area (Å²) in [6.07, 6.45) is 6.40. The highest BCUT2D eigenvalue weighted by Gasteiger charge is 2.14. The lowest BCUT2D eigenvalue weighted by atomic mass is 10.1. The Labute approximate surface area is 137 Å².